The van der Waals surface area contributed by atoms with Gasteiger partial charge in [0.1, 0.15) is 11.6 Å². The van der Waals surface area contributed by atoms with Gasteiger partial charge in [0.25, 0.3) is 0 Å². The van der Waals surface area contributed by atoms with Crippen LogP contribution < -0.4 is 4.74 Å². The number of carbonyl (C=O) groups excluding carboxylic acids is 1. The van der Waals surface area contributed by atoms with Crippen LogP contribution >= 0.6 is 15.9 Å². The predicted molar refractivity (Wildman–Crippen MR) is 72.9 cm³/mol. The van der Waals surface area contributed by atoms with E-state index in [1.807, 2.05) is 6.07 Å². The number of benzene rings is 1. The molecule has 0 atom stereocenters. The third kappa shape index (κ3) is 3.38. The van der Waals surface area contributed by atoms with Crippen LogP contribution in [0.2, 0.25) is 0 Å². The zero-order valence-corrected chi connectivity index (χ0v) is 11.8. The van der Waals surface area contributed by atoms with Crippen molar-refractivity contribution in [1.29, 1.82) is 0 Å². The molecule has 2 rings (SSSR count). The molecule has 1 aromatic heterocycles. The molecule has 19 heavy (non-hydrogen) atoms. The molecule has 0 amide bonds. The maximum absolute atomic E-state index is 13.0. The Kier molecular flexibility index (Phi) is 4.27. The summed E-state index contributed by atoms with van der Waals surface area (Å²) in [6.07, 6.45) is 2.62. The van der Waals surface area contributed by atoms with E-state index in [1.54, 1.807) is 19.2 Å². The lowest BCUT2D eigenvalue weighted by atomic mass is 10.0. The highest BCUT2D eigenvalue weighted by Crippen LogP contribution is 2.26. The van der Waals surface area contributed by atoms with Gasteiger partial charge in [-0.15, -0.1) is 0 Å². The largest absolute Gasteiger partial charge is 0.496 e. The van der Waals surface area contributed by atoms with Crippen molar-refractivity contribution in [1.82, 2.24) is 4.98 Å². The summed E-state index contributed by atoms with van der Waals surface area (Å²) in [6, 6.07) is 6.57. The van der Waals surface area contributed by atoms with Crippen molar-refractivity contribution in [2.75, 3.05) is 7.11 Å². The number of hydrogen-bond donors (Lipinski definition) is 0. The minimum atomic E-state index is -0.512. The van der Waals surface area contributed by atoms with Crippen molar-refractivity contribution in [3.8, 4) is 5.75 Å². The second-order valence-electron chi connectivity index (χ2n) is 3.96. The number of ether oxygens (including phenoxy) is 1. The van der Waals surface area contributed by atoms with E-state index in [9.17, 15) is 9.18 Å². The van der Waals surface area contributed by atoms with Crippen LogP contribution in [0, 0.1) is 5.82 Å². The first-order valence-electron chi connectivity index (χ1n) is 5.56. The highest BCUT2D eigenvalue weighted by Gasteiger charge is 2.10. The van der Waals surface area contributed by atoms with Gasteiger partial charge in [-0.2, -0.15) is 0 Å². The number of ketones is 1. The Morgan fingerprint density at radius 1 is 1.37 bits per heavy atom. The van der Waals surface area contributed by atoms with Gasteiger partial charge in [0.2, 0.25) is 0 Å². The Morgan fingerprint density at radius 3 is 2.79 bits per heavy atom. The molecule has 1 heterocycles. The SMILES string of the molecule is COc1ccc(CC(=O)c2cncc(F)c2)cc1Br. The first-order valence-corrected chi connectivity index (χ1v) is 6.35. The summed E-state index contributed by atoms with van der Waals surface area (Å²) in [5, 5.41) is 0. The molecular weight excluding hydrogens is 313 g/mol. The highest BCUT2D eigenvalue weighted by molar-refractivity contribution is 9.10. The molecule has 0 fully saturated rings. The zero-order chi connectivity index (χ0) is 13.8. The van der Waals surface area contributed by atoms with Crippen molar-refractivity contribution < 1.29 is 13.9 Å². The molecule has 5 heteroatoms. The van der Waals surface area contributed by atoms with Gasteiger partial charge in [0.05, 0.1) is 17.8 Å². The molecule has 0 aliphatic heterocycles. The fraction of sp³-hybridized carbons (Fsp3) is 0.143. The summed E-state index contributed by atoms with van der Waals surface area (Å²) in [4.78, 5) is 15.6. The number of rotatable bonds is 4. The minimum Gasteiger partial charge on any atom is -0.496 e. The lowest BCUT2D eigenvalue weighted by molar-refractivity contribution is 0.0992. The number of aromatic nitrogens is 1. The molecule has 3 nitrogen and oxygen atoms in total. The van der Waals surface area contributed by atoms with E-state index in [1.165, 1.54) is 12.3 Å². The van der Waals surface area contributed by atoms with E-state index >= 15 is 0 Å². The van der Waals surface area contributed by atoms with Gasteiger partial charge >= 0.3 is 0 Å². The molecule has 0 unspecified atom stereocenters. The summed E-state index contributed by atoms with van der Waals surface area (Å²) >= 11 is 3.36. The summed E-state index contributed by atoms with van der Waals surface area (Å²) in [5.74, 6) is 0.00875. The van der Waals surface area contributed by atoms with Crippen LogP contribution in [0.25, 0.3) is 0 Å². The zero-order valence-electron chi connectivity index (χ0n) is 10.2. The van der Waals surface area contributed by atoms with Gasteiger partial charge in [-0.25, -0.2) is 4.39 Å². The topological polar surface area (TPSA) is 39.2 Å². The number of nitrogens with zero attached hydrogens (tertiary/aromatic N) is 1. The van der Waals surface area contributed by atoms with Crippen LogP contribution in [0.15, 0.2) is 41.1 Å². The molecule has 0 N–H and O–H groups in total. The lowest BCUT2D eigenvalue weighted by Crippen LogP contribution is -2.04. The van der Waals surface area contributed by atoms with Gasteiger partial charge in [-0.05, 0) is 39.7 Å². The summed E-state index contributed by atoms with van der Waals surface area (Å²) < 4.78 is 18.9. The van der Waals surface area contributed by atoms with E-state index in [0.29, 0.717) is 5.75 Å². The van der Waals surface area contributed by atoms with Crippen molar-refractivity contribution >= 4 is 21.7 Å². The van der Waals surface area contributed by atoms with Crippen molar-refractivity contribution in [3.63, 3.8) is 0 Å². The van der Waals surface area contributed by atoms with E-state index in [2.05, 4.69) is 20.9 Å². The summed E-state index contributed by atoms with van der Waals surface area (Å²) in [5.41, 5.74) is 1.09. The summed E-state index contributed by atoms with van der Waals surface area (Å²) in [6.45, 7) is 0. The number of pyridine rings is 1. The number of hydrogen-bond acceptors (Lipinski definition) is 3. The summed E-state index contributed by atoms with van der Waals surface area (Å²) in [7, 11) is 1.57. The first-order chi connectivity index (χ1) is 9.10. The number of Topliss-reactive ketones (excluding diaryl/α,β-unsaturated/α-hetero) is 1. The Bertz CT molecular complexity index is 616. The molecule has 0 saturated carbocycles. The standard InChI is InChI=1S/C14H11BrFNO2/c1-19-14-3-2-9(4-12(14)15)5-13(18)10-6-11(16)8-17-7-10/h2-4,6-8H,5H2,1H3. The number of halogens is 2. The van der Waals surface area contributed by atoms with Crippen molar-refractivity contribution in [2.24, 2.45) is 0 Å². The quantitative estimate of drug-likeness (QED) is 0.809. The third-order valence-corrected chi connectivity index (χ3v) is 3.23. The average molecular weight is 324 g/mol. The fourth-order valence-electron chi connectivity index (χ4n) is 1.67. The molecule has 0 saturated heterocycles. The van der Waals surface area contributed by atoms with Gasteiger partial charge < -0.3 is 4.74 Å². The lowest BCUT2D eigenvalue weighted by Gasteiger charge is -2.06. The predicted octanol–water partition coefficient (Wildman–Crippen LogP) is 3.42. The number of carbonyl (C=O) groups is 1. The Labute approximate surface area is 118 Å². The highest BCUT2D eigenvalue weighted by atomic mass is 79.9. The van der Waals surface area contributed by atoms with Crippen LogP contribution in [-0.4, -0.2) is 17.9 Å². The van der Waals surface area contributed by atoms with E-state index in [-0.39, 0.29) is 17.8 Å². The number of methoxy groups -OCH3 is 1. The van der Waals surface area contributed by atoms with Crippen LogP contribution in [-0.2, 0) is 6.42 Å². The maximum Gasteiger partial charge on any atom is 0.168 e. The minimum absolute atomic E-state index is 0.177. The van der Waals surface area contributed by atoms with E-state index in [0.717, 1.165) is 16.2 Å². The molecule has 0 radical (unpaired) electrons. The third-order valence-electron chi connectivity index (χ3n) is 2.61. The van der Waals surface area contributed by atoms with Gasteiger partial charge in [-0.3, -0.25) is 9.78 Å². The normalized spacial score (nSPS) is 10.3. The van der Waals surface area contributed by atoms with E-state index in [4.69, 9.17) is 4.74 Å². The molecule has 0 spiro atoms. The molecule has 0 aliphatic carbocycles. The second-order valence-corrected chi connectivity index (χ2v) is 4.82. The average Bonchev–Trinajstić information content (AvgIpc) is 2.39. The van der Waals surface area contributed by atoms with Gasteiger partial charge in [0.15, 0.2) is 5.78 Å². The molecule has 98 valence electrons. The smallest absolute Gasteiger partial charge is 0.168 e. The van der Waals surface area contributed by atoms with Crippen LogP contribution in [0.4, 0.5) is 4.39 Å². The first kappa shape index (κ1) is 13.7. The van der Waals surface area contributed by atoms with Crippen LogP contribution in [0.5, 0.6) is 5.75 Å². The van der Waals surface area contributed by atoms with Crippen molar-refractivity contribution in [2.45, 2.75) is 6.42 Å². The van der Waals surface area contributed by atoms with Crippen LogP contribution in [0.1, 0.15) is 15.9 Å². The second kappa shape index (κ2) is 5.93. The molecule has 0 aliphatic rings. The molecule has 1 aromatic carbocycles. The van der Waals surface area contributed by atoms with E-state index < -0.39 is 5.82 Å². The molecule has 0 bridgehead atoms. The fourth-order valence-corrected chi connectivity index (χ4v) is 2.26. The molecular formula is C14H11BrFNO2. The van der Waals surface area contributed by atoms with Crippen molar-refractivity contribution in [3.05, 3.63) is 58.1 Å². The monoisotopic (exact) mass is 323 g/mol. The molecule has 2 aromatic rings. The van der Waals surface area contributed by atoms with Gasteiger partial charge in [0, 0.05) is 18.2 Å². The van der Waals surface area contributed by atoms with Crippen LogP contribution in [0.3, 0.4) is 0 Å². The Hall–Kier alpha value is -1.75. The maximum atomic E-state index is 13.0. The Balaban J connectivity index is 2.17. The Morgan fingerprint density at radius 2 is 2.16 bits per heavy atom. The van der Waals surface area contributed by atoms with Gasteiger partial charge in [-0.1, -0.05) is 6.07 Å².